The highest BCUT2D eigenvalue weighted by molar-refractivity contribution is 5.75. The van der Waals surface area contributed by atoms with Crippen molar-refractivity contribution in [2.24, 2.45) is 10.2 Å². The van der Waals surface area contributed by atoms with Crippen LogP contribution in [0.15, 0.2) is 10.2 Å². The Labute approximate surface area is 66.3 Å². The molecular formula is C7H13N3O. The van der Waals surface area contributed by atoms with Crippen LogP contribution in [0.5, 0.6) is 0 Å². The molecular weight excluding hydrogens is 142 g/mol. The summed E-state index contributed by atoms with van der Waals surface area (Å²) >= 11 is 0. The highest BCUT2D eigenvalue weighted by Crippen LogP contribution is 2.31. The first-order valence-corrected chi connectivity index (χ1v) is 3.68. The number of hydrogen-bond acceptors (Lipinski definition) is 3. The van der Waals surface area contributed by atoms with Crippen molar-refractivity contribution in [1.82, 2.24) is 4.90 Å². The van der Waals surface area contributed by atoms with Gasteiger partial charge < -0.3 is 4.90 Å². The normalized spacial score (nSPS) is 18.1. The van der Waals surface area contributed by atoms with Crippen LogP contribution in [0.3, 0.4) is 0 Å². The fourth-order valence-electron chi connectivity index (χ4n) is 0.753. The maximum atomic E-state index is 11.1. The first-order valence-electron chi connectivity index (χ1n) is 3.68. The van der Waals surface area contributed by atoms with E-state index in [0.29, 0.717) is 6.42 Å². The van der Waals surface area contributed by atoms with Gasteiger partial charge in [0.05, 0.1) is 0 Å². The molecule has 0 aromatic carbocycles. The van der Waals surface area contributed by atoms with E-state index in [1.165, 1.54) is 0 Å². The first kappa shape index (κ1) is 8.17. The van der Waals surface area contributed by atoms with E-state index in [1.807, 2.05) is 6.92 Å². The molecule has 0 aliphatic carbocycles. The third-order valence-corrected chi connectivity index (χ3v) is 1.75. The van der Waals surface area contributed by atoms with E-state index in [1.54, 1.807) is 19.0 Å². The average molecular weight is 155 g/mol. The summed E-state index contributed by atoms with van der Waals surface area (Å²) in [4.78, 5) is 12.6. The van der Waals surface area contributed by atoms with Crippen LogP contribution < -0.4 is 0 Å². The lowest BCUT2D eigenvalue weighted by Gasteiger charge is -2.10. The zero-order valence-electron chi connectivity index (χ0n) is 7.16. The summed E-state index contributed by atoms with van der Waals surface area (Å²) in [6.07, 6.45) is 1.28. The van der Waals surface area contributed by atoms with Crippen LogP contribution in [0.25, 0.3) is 0 Å². The molecule has 0 spiro atoms. The second kappa shape index (κ2) is 2.60. The fraction of sp³-hybridized carbons (Fsp3) is 0.857. The van der Waals surface area contributed by atoms with Crippen LogP contribution in [0, 0.1) is 0 Å². The van der Waals surface area contributed by atoms with Crippen LogP contribution in [-0.4, -0.2) is 30.6 Å². The van der Waals surface area contributed by atoms with Gasteiger partial charge in [0, 0.05) is 26.9 Å². The van der Waals surface area contributed by atoms with Gasteiger partial charge in [0.15, 0.2) is 5.66 Å². The van der Waals surface area contributed by atoms with Crippen molar-refractivity contribution >= 4 is 5.91 Å². The lowest BCUT2D eigenvalue weighted by atomic mass is 10.1. The van der Waals surface area contributed by atoms with Crippen molar-refractivity contribution in [3.8, 4) is 0 Å². The maximum absolute atomic E-state index is 11.1. The first-order chi connectivity index (χ1) is 5.03. The summed E-state index contributed by atoms with van der Waals surface area (Å²) in [6, 6.07) is 0. The number of rotatable bonds is 3. The Morgan fingerprint density at radius 2 is 2.00 bits per heavy atom. The second-order valence-electron chi connectivity index (χ2n) is 3.21. The predicted octanol–water partition coefficient (Wildman–Crippen LogP) is 1.04. The number of hydrogen-bond donors (Lipinski definition) is 0. The average Bonchev–Trinajstić information content (AvgIpc) is 2.64. The fourth-order valence-corrected chi connectivity index (χ4v) is 0.753. The van der Waals surface area contributed by atoms with E-state index < -0.39 is 0 Å². The molecule has 1 aliphatic rings. The molecule has 1 heterocycles. The van der Waals surface area contributed by atoms with Gasteiger partial charge >= 0.3 is 0 Å². The van der Waals surface area contributed by atoms with Gasteiger partial charge in [-0.15, -0.1) is 0 Å². The van der Waals surface area contributed by atoms with Crippen molar-refractivity contribution in [3.63, 3.8) is 0 Å². The number of nitrogens with zero attached hydrogens (tertiary/aromatic N) is 3. The Bertz CT molecular complexity index is 192. The number of carbonyl (C=O) groups excluding carboxylic acids is 1. The molecule has 0 fully saturated rings. The van der Waals surface area contributed by atoms with Crippen molar-refractivity contribution in [2.75, 3.05) is 14.1 Å². The molecule has 0 aromatic heterocycles. The lowest BCUT2D eigenvalue weighted by molar-refractivity contribution is -0.128. The third-order valence-electron chi connectivity index (χ3n) is 1.75. The van der Waals surface area contributed by atoms with Crippen LogP contribution >= 0.6 is 0 Å². The molecule has 0 saturated carbocycles. The molecule has 1 aliphatic heterocycles. The maximum Gasteiger partial charge on any atom is 0.222 e. The van der Waals surface area contributed by atoms with Gasteiger partial charge in [0.2, 0.25) is 5.91 Å². The van der Waals surface area contributed by atoms with Crippen LogP contribution in [0.2, 0.25) is 0 Å². The molecule has 0 radical (unpaired) electrons. The van der Waals surface area contributed by atoms with E-state index in [9.17, 15) is 4.79 Å². The Morgan fingerprint density at radius 1 is 1.45 bits per heavy atom. The summed E-state index contributed by atoms with van der Waals surface area (Å²) in [7, 11) is 3.51. The Kier molecular flexibility index (Phi) is 1.93. The van der Waals surface area contributed by atoms with Gasteiger partial charge in [-0.2, -0.15) is 10.2 Å². The highest BCUT2D eigenvalue weighted by Gasteiger charge is 2.33. The minimum absolute atomic E-state index is 0.142. The summed E-state index contributed by atoms with van der Waals surface area (Å²) in [5.74, 6) is 0.142. The molecule has 0 atom stereocenters. The lowest BCUT2D eigenvalue weighted by Crippen LogP contribution is -2.23. The van der Waals surface area contributed by atoms with Crippen LogP contribution in [0.1, 0.15) is 19.8 Å². The van der Waals surface area contributed by atoms with Crippen molar-refractivity contribution in [3.05, 3.63) is 0 Å². The number of amides is 1. The minimum Gasteiger partial charge on any atom is -0.349 e. The molecule has 0 saturated heterocycles. The molecule has 0 unspecified atom stereocenters. The minimum atomic E-state index is -0.230. The van der Waals surface area contributed by atoms with E-state index >= 15 is 0 Å². The standard InChI is InChI=1S/C7H13N3O/c1-7(8-9-7)5-4-6(11)10(2)3/h4-5H2,1-3H3. The zero-order valence-corrected chi connectivity index (χ0v) is 7.16. The SMILES string of the molecule is CN(C)C(=O)CCC1(C)N=N1. The molecule has 62 valence electrons. The van der Waals surface area contributed by atoms with Gasteiger partial charge in [0.1, 0.15) is 0 Å². The summed E-state index contributed by atoms with van der Waals surface area (Å²) in [6.45, 7) is 1.93. The molecule has 0 bridgehead atoms. The summed E-state index contributed by atoms with van der Waals surface area (Å²) in [5, 5.41) is 7.64. The van der Waals surface area contributed by atoms with Gasteiger partial charge in [0.25, 0.3) is 0 Å². The topological polar surface area (TPSA) is 45.0 Å². The molecule has 0 aromatic rings. The van der Waals surface area contributed by atoms with Crippen LogP contribution in [0.4, 0.5) is 0 Å². The van der Waals surface area contributed by atoms with Gasteiger partial charge in [-0.25, -0.2) is 0 Å². The Balaban J connectivity index is 2.17. The van der Waals surface area contributed by atoms with E-state index in [0.717, 1.165) is 6.42 Å². The van der Waals surface area contributed by atoms with E-state index in [2.05, 4.69) is 10.2 Å². The molecule has 1 rings (SSSR count). The zero-order chi connectivity index (χ0) is 8.48. The quantitative estimate of drug-likeness (QED) is 0.600. The number of carbonyl (C=O) groups is 1. The molecule has 4 heteroatoms. The summed E-state index contributed by atoms with van der Waals surface area (Å²) < 4.78 is 0. The molecule has 0 N–H and O–H groups in total. The predicted molar refractivity (Wildman–Crippen MR) is 41.2 cm³/mol. The molecule has 4 nitrogen and oxygen atoms in total. The third kappa shape index (κ3) is 2.29. The van der Waals surface area contributed by atoms with Crippen molar-refractivity contribution in [1.29, 1.82) is 0 Å². The highest BCUT2D eigenvalue weighted by atomic mass is 16.2. The van der Waals surface area contributed by atoms with Gasteiger partial charge in [-0.1, -0.05) is 0 Å². The monoisotopic (exact) mass is 155 g/mol. The van der Waals surface area contributed by atoms with Crippen molar-refractivity contribution in [2.45, 2.75) is 25.4 Å². The second-order valence-corrected chi connectivity index (χ2v) is 3.21. The van der Waals surface area contributed by atoms with E-state index in [4.69, 9.17) is 0 Å². The Hall–Kier alpha value is -0.930. The van der Waals surface area contributed by atoms with Gasteiger partial charge in [-0.3, -0.25) is 4.79 Å². The Morgan fingerprint density at radius 3 is 2.36 bits per heavy atom. The summed E-state index contributed by atoms with van der Waals surface area (Å²) in [5.41, 5.74) is -0.230. The van der Waals surface area contributed by atoms with Crippen LogP contribution in [-0.2, 0) is 4.79 Å². The van der Waals surface area contributed by atoms with Gasteiger partial charge in [-0.05, 0) is 6.92 Å². The van der Waals surface area contributed by atoms with E-state index in [-0.39, 0.29) is 11.6 Å². The molecule has 11 heavy (non-hydrogen) atoms. The smallest absolute Gasteiger partial charge is 0.222 e. The largest absolute Gasteiger partial charge is 0.349 e. The van der Waals surface area contributed by atoms with Crippen molar-refractivity contribution < 1.29 is 4.79 Å². The molecule has 1 amide bonds.